The number of fused-ring (bicyclic) bond motifs is 5. The minimum Gasteiger partial charge on any atom is -0.393 e. The van der Waals surface area contributed by atoms with Gasteiger partial charge in [0, 0.05) is 0 Å². The molecule has 0 amide bonds. The van der Waals surface area contributed by atoms with Gasteiger partial charge in [-0.05, 0) is 110 Å². The first-order valence-corrected chi connectivity index (χ1v) is 14.0. The molecule has 30 heavy (non-hydrogen) atoms. The molecular weight excluding hydrogens is 364 g/mol. The van der Waals surface area contributed by atoms with Gasteiger partial charge in [0.25, 0.3) is 0 Å². The van der Waals surface area contributed by atoms with Crippen molar-refractivity contribution in [3.05, 3.63) is 0 Å². The summed E-state index contributed by atoms with van der Waals surface area (Å²) in [5.41, 5.74) is 1.15. The van der Waals surface area contributed by atoms with Gasteiger partial charge in [-0.25, -0.2) is 0 Å². The second kappa shape index (κ2) is 9.07. The fraction of sp³-hybridized carbons (Fsp3) is 1.00. The van der Waals surface area contributed by atoms with Gasteiger partial charge >= 0.3 is 0 Å². The minimum atomic E-state index is -0.00904. The second-order valence-corrected chi connectivity index (χ2v) is 13.1. The molecule has 0 saturated heterocycles. The molecule has 4 rings (SSSR count). The molecule has 10 atom stereocenters. The van der Waals surface area contributed by atoms with E-state index in [-0.39, 0.29) is 6.10 Å². The molecule has 1 N–H and O–H groups in total. The number of aliphatic hydroxyl groups excluding tert-OH is 1. The normalized spacial score (nSPS) is 47.8. The minimum absolute atomic E-state index is 0.00904. The number of hydrogen-bond acceptors (Lipinski definition) is 1. The average Bonchev–Trinajstić information content (AvgIpc) is 3.06. The average molecular weight is 417 g/mol. The summed E-state index contributed by atoms with van der Waals surface area (Å²) in [5, 5.41) is 10.3. The van der Waals surface area contributed by atoms with E-state index >= 15 is 0 Å². The van der Waals surface area contributed by atoms with E-state index < -0.39 is 0 Å². The Morgan fingerprint density at radius 2 is 1.57 bits per heavy atom. The van der Waals surface area contributed by atoms with E-state index in [2.05, 4.69) is 34.6 Å². The van der Waals surface area contributed by atoms with Crippen LogP contribution in [0.25, 0.3) is 0 Å². The van der Waals surface area contributed by atoms with Crippen LogP contribution in [0.5, 0.6) is 0 Å². The van der Waals surface area contributed by atoms with Gasteiger partial charge in [0.05, 0.1) is 6.10 Å². The van der Waals surface area contributed by atoms with Gasteiger partial charge in [0.1, 0.15) is 0 Å². The summed E-state index contributed by atoms with van der Waals surface area (Å²) in [4.78, 5) is 0. The summed E-state index contributed by atoms with van der Waals surface area (Å²) >= 11 is 0. The summed E-state index contributed by atoms with van der Waals surface area (Å²) in [6.45, 7) is 12.8. The van der Waals surface area contributed by atoms with Gasteiger partial charge in [-0.15, -0.1) is 0 Å². The van der Waals surface area contributed by atoms with E-state index in [1.54, 1.807) is 0 Å². The maximum Gasteiger partial charge on any atom is 0.0543 e. The molecule has 4 fully saturated rings. The first-order valence-electron chi connectivity index (χ1n) is 14.0. The number of rotatable bonds is 7. The number of aliphatic hydroxyl groups is 1. The fourth-order valence-corrected chi connectivity index (χ4v) is 9.84. The van der Waals surface area contributed by atoms with Crippen LogP contribution in [-0.4, -0.2) is 11.2 Å². The molecule has 1 unspecified atom stereocenters. The standard InChI is InChI=1S/C29H52O/c1-6-8-20(2)9-7-10-21(3)25-13-14-26-24-12-11-22-19-23(30)15-17-28(22,4)27(24)16-18-29(25,26)5/h20-27,30H,6-19H2,1-5H3/t20?,21-,22-,23-,24+,25-,26+,27+,28+,29-/m1/s1. The van der Waals surface area contributed by atoms with Crippen molar-refractivity contribution in [2.45, 2.75) is 131 Å². The van der Waals surface area contributed by atoms with E-state index in [0.717, 1.165) is 54.3 Å². The SMILES string of the molecule is CCCC(C)CCC[C@@H](C)[C@H]1CC[C@H]2[C@@H]3CC[C@@H]4C[C@H](O)CC[C@]4(C)[C@H]3CC[C@]12C. The lowest BCUT2D eigenvalue weighted by atomic mass is 9.44. The van der Waals surface area contributed by atoms with E-state index in [0.29, 0.717) is 10.8 Å². The Kier molecular flexibility index (Phi) is 6.99. The number of hydrogen-bond donors (Lipinski definition) is 1. The van der Waals surface area contributed by atoms with Gasteiger partial charge in [-0.2, -0.15) is 0 Å². The lowest BCUT2D eigenvalue weighted by Crippen LogP contribution is -2.54. The van der Waals surface area contributed by atoms with Crippen molar-refractivity contribution in [1.82, 2.24) is 0 Å². The molecular formula is C29H52O. The third-order valence-corrected chi connectivity index (χ3v) is 11.5. The third kappa shape index (κ3) is 4.04. The molecule has 4 saturated carbocycles. The van der Waals surface area contributed by atoms with Crippen LogP contribution in [0, 0.1) is 52.3 Å². The molecule has 0 aliphatic heterocycles. The van der Waals surface area contributed by atoms with Crippen molar-refractivity contribution in [2.75, 3.05) is 0 Å². The third-order valence-electron chi connectivity index (χ3n) is 11.5. The largest absolute Gasteiger partial charge is 0.393 e. The van der Waals surface area contributed by atoms with Gasteiger partial charge in [-0.3, -0.25) is 0 Å². The van der Waals surface area contributed by atoms with Gasteiger partial charge in [0.15, 0.2) is 0 Å². The summed E-state index contributed by atoms with van der Waals surface area (Å²) in [7, 11) is 0. The maximum atomic E-state index is 10.3. The lowest BCUT2D eigenvalue weighted by molar-refractivity contribution is -0.129. The van der Waals surface area contributed by atoms with Crippen molar-refractivity contribution in [3.8, 4) is 0 Å². The van der Waals surface area contributed by atoms with Gasteiger partial charge in [0.2, 0.25) is 0 Å². The smallest absolute Gasteiger partial charge is 0.0543 e. The second-order valence-electron chi connectivity index (χ2n) is 13.1. The van der Waals surface area contributed by atoms with E-state index in [4.69, 9.17) is 0 Å². The molecule has 0 spiro atoms. The van der Waals surface area contributed by atoms with Crippen LogP contribution in [0.1, 0.15) is 125 Å². The highest BCUT2D eigenvalue weighted by atomic mass is 16.3. The van der Waals surface area contributed by atoms with Crippen LogP contribution in [0.2, 0.25) is 0 Å². The monoisotopic (exact) mass is 416 g/mol. The van der Waals surface area contributed by atoms with E-state index in [1.165, 1.54) is 77.0 Å². The van der Waals surface area contributed by atoms with Crippen molar-refractivity contribution in [3.63, 3.8) is 0 Å². The van der Waals surface area contributed by atoms with Gasteiger partial charge < -0.3 is 5.11 Å². The molecule has 0 bridgehead atoms. The van der Waals surface area contributed by atoms with Crippen molar-refractivity contribution >= 4 is 0 Å². The lowest BCUT2D eigenvalue weighted by Gasteiger charge is -2.61. The van der Waals surface area contributed by atoms with Crippen molar-refractivity contribution in [2.24, 2.45) is 52.3 Å². The van der Waals surface area contributed by atoms with Crippen molar-refractivity contribution in [1.29, 1.82) is 0 Å². The Bertz CT molecular complexity index is 571. The van der Waals surface area contributed by atoms with Crippen LogP contribution < -0.4 is 0 Å². The summed E-state index contributed by atoms with van der Waals surface area (Å²) < 4.78 is 0. The quantitative estimate of drug-likeness (QED) is 0.443. The molecule has 4 aliphatic carbocycles. The first kappa shape index (κ1) is 23.1. The van der Waals surface area contributed by atoms with Gasteiger partial charge in [-0.1, -0.05) is 66.7 Å². The Hall–Kier alpha value is -0.0400. The summed E-state index contributed by atoms with van der Waals surface area (Å²) in [5.74, 6) is 6.55. The van der Waals surface area contributed by atoms with E-state index in [9.17, 15) is 5.11 Å². The molecule has 1 heteroatoms. The molecule has 0 aromatic rings. The Morgan fingerprint density at radius 3 is 2.33 bits per heavy atom. The maximum absolute atomic E-state index is 10.3. The van der Waals surface area contributed by atoms with Crippen LogP contribution in [0.3, 0.4) is 0 Å². The predicted molar refractivity (Wildman–Crippen MR) is 128 cm³/mol. The molecule has 4 aliphatic rings. The van der Waals surface area contributed by atoms with Crippen LogP contribution in [-0.2, 0) is 0 Å². The van der Waals surface area contributed by atoms with E-state index in [1.807, 2.05) is 0 Å². The molecule has 0 aromatic heterocycles. The Labute approximate surface area is 188 Å². The first-order chi connectivity index (χ1) is 14.3. The molecule has 1 nitrogen and oxygen atoms in total. The van der Waals surface area contributed by atoms with Crippen LogP contribution in [0.15, 0.2) is 0 Å². The van der Waals surface area contributed by atoms with Crippen molar-refractivity contribution < 1.29 is 5.11 Å². The Balaban J connectivity index is 1.40. The van der Waals surface area contributed by atoms with Crippen LogP contribution in [0.4, 0.5) is 0 Å². The molecule has 0 aromatic carbocycles. The highest BCUT2D eigenvalue weighted by molar-refractivity contribution is 5.09. The molecule has 0 radical (unpaired) electrons. The Morgan fingerprint density at radius 1 is 0.833 bits per heavy atom. The molecule has 0 heterocycles. The summed E-state index contributed by atoms with van der Waals surface area (Å²) in [6.07, 6.45) is 19.4. The van der Waals surface area contributed by atoms with Crippen LogP contribution >= 0.6 is 0 Å². The zero-order chi connectivity index (χ0) is 21.5. The highest BCUT2D eigenvalue weighted by Crippen LogP contribution is 2.68. The fourth-order valence-electron chi connectivity index (χ4n) is 9.84. The topological polar surface area (TPSA) is 20.2 Å². The molecule has 174 valence electrons. The zero-order valence-electron chi connectivity index (χ0n) is 21.0. The predicted octanol–water partition coefficient (Wildman–Crippen LogP) is 8.25. The highest BCUT2D eigenvalue weighted by Gasteiger charge is 2.60. The summed E-state index contributed by atoms with van der Waals surface area (Å²) in [6, 6.07) is 0. The zero-order valence-corrected chi connectivity index (χ0v) is 21.0.